The maximum absolute atomic E-state index is 13.7. The molecule has 0 saturated carbocycles. The molecule has 13 heteroatoms. The van der Waals surface area contributed by atoms with Crippen molar-refractivity contribution in [1.29, 1.82) is 0 Å². The van der Waals surface area contributed by atoms with Gasteiger partial charge in [0.05, 0.1) is 10.4 Å². The molecule has 0 unspecified atom stereocenters. The van der Waals surface area contributed by atoms with Gasteiger partial charge in [-0.15, -0.1) is 0 Å². The third kappa shape index (κ3) is 4.29. The number of alkyl halides is 3. The van der Waals surface area contributed by atoms with Gasteiger partial charge in [0, 0.05) is 53.5 Å². The second-order valence-electron chi connectivity index (χ2n) is 7.56. The number of benzene rings is 2. The van der Waals surface area contributed by atoms with Gasteiger partial charge in [0.1, 0.15) is 5.82 Å². The zero-order chi connectivity index (χ0) is 24.8. The van der Waals surface area contributed by atoms with Gasteiger partial charge in [0.25, 0.3) is 10.0 Å². The van der Waals surface area contributed by atoms with Crippen LogP contribution in [-0.4, -0.2) is 61.8 Å². The number of rotatable bonds is 4. The summed E-state index contributed by atoms with van der Waals surface area (Å²) in [5.74, 6) is -2.67. The summed E-state index contributed by atoms with van der Waals surface area (Å²) in [5, 5.41) is 0.272. The summed E-state index contributed by atoms with van der Waals surface area (Å²) in [6.45, 7) is -0.336. The van der Waals surface area contributed by atoms with E-state index in [0.29, 0.717) is 21.3 Å². The van der Waals surface area contributed by atoms with E-state index in [-0.39, 0.29) is 47.5 Å². The fourth-order valence-electron chi connectivity index (χ4n) is 3.92. The third-order valence-electron chi connectivity index (χ3n) is 5.47. The first-order chi connectivity index (χ1) is 15.9. The van der Waals surface area contributed by atoms with Gasteiger partial charge in [-0.3, -0.25) is 9.59 Å². The first-order valence-corrected chi connectivity index (χ1v) is 12.1. The highest BCUT2D eigenvalue weighted by Gasteiger charge is 2.43. The van der Waals surface area contributed by atoms with E-state index in [9.17, 15) is 35.6 Å². The first kappa shape index (κ1) is 24.2. The van der Waals surface area contributed by atoms with Gasteiger partial charge in [0.2, 0.25) is 0 Å². The van der Waals surface area contributed by atoms with Crippen molar-refractivity contribution in [2.24, 2.45) is 0 Å². The zero-order valence-corrected chi connectivity index (χ0v) is 19.6. The fourth-order valence-corrected chi connectivity index (χ4v) is 5.74. The largest absolute Gasteiger partial charge is 0.471 e. The number of hydrogen-bond acceptors (Lipinski definition) is 5. The van der Waals surface area contributed by atoms with Crippen molar-refractivity contribution >= 4 is 54.7 Å². The summed E-state index contributed by atoms with van der Waals surface area (Å²) in [7, 11) is -4.28. The molecule has 1 amide bonds. The molecule has 0 aliphatic carbocycles. The molecule has 180 valence electrons. The van der Waals surface area contributed by atoms with E-state index in [2.05, 4.69) is 15.9 Å². The number of carbonyl (C=O) groups is 2. The monoisotopic (exact) mass is 561 g/mol. The van der Waals surface area contributed by atoms with E-state index < -0.39 is 27.9 Å². The normalized spacial score (nSPS) is 15.1. The second-order valence-corrected chi connectivity index (χ2v) is 10.3. The number of piperazine rings is 1. The molecule has 0 spiro atoms. The molecule has 0 atom stereocenters. The first-order valence-electron chi connectivity index (χ1n) is 9.85. The van der Waals surface area contributed by atoms with E-state index in [1.807, 2.05) is 0 Å². The van der Waals surface area contributed by atoms with Gasteiger partial charge >= 0.3 is 12.1 Å². The van der Waals surface area contributed by atoms with Crippen LogP contribution in [-0.2, 0) is 14.8 Å². The molecule has 3 aromatic rings. The van der Waals surface area contributed by atoms with Crippen LogP contribution in [0.25, 0.3) is 10.9 Å². The van der Waals surface area contributed by atoms with E-state index in [1.54, 1.807) is 11.0 Å². The van der Waals surface area contributed by atoms with Crippen molar-refractivity contribution in [1.82, 2.24) is 8.87 Å². The number of aldehydes is 1. The highest BCUT2D eigenvalue weighted by atomic mass is 79.9. The SMILES string of the molecule is O=Cc1cn(S(=O)(=O)c2cccc(F)c2)c2cc(Br)cc(N3CCN(C(=O)C(F)(F)F)CC3)c12. The molecule has 7 nitrogen and oxygen atoms in total. The lowest BCUT2D eigenvalue weighted by Gasteiger charge is -2.36. The Morgan fingerprint density at radius 2 is 1.74 bits per heavy atom. The maximum atomic E-state index is 13.7. The smallest absolute Gasteiger partial charge is 0.367 e. The average molecular weight is 562 g/mol. The van der Waals surface area contributed by atoms with E-state index in [0.717, 1.165) is 22.3 Å². The van der Waals surface area contributed by atoms with Crippen LogP contribution in [0, 0.1) is 5.82 Å². The van der Waals surface area contributed by atoms with Crippen LogP contribution in [0.1, 0.15) is 10.4 Å². The van der Waals surface area contributed by atoms with Crippen LogP contribution < -0.4 is 4.90 Å². The highest BCUT2D eigenvalue weighted by molar-refractivity contribution is 9.10. The number of carbonyl (C=O) groups excluding carboxylic acids is 2. The number of anilines is 1. The fraction of sp³-hybridized carbons (Fsp3) is 0.238. The molecular formula is C21H16BrF4N3O4S. The molecule has 0 bridgehead atoms. The summed E-state index contributed by atoms with van der Waals surface area (Å²) >= 11 is 3.31. The minimum atomic E-state index is -4.97. The van der Waals surface area contributed by atoms with Crippen LogP contribution in [0.3, 0.4) is 0 Å². The Hall–Kier alpha value is -2.93. The summed E-state index contributed by atoms with van der Waals surface area (Å²) in [5.41, 5.74) is 0.578. The second kappa shape index (κ2) is 8.69. The molecule has 0 N–H and O–H groups in total. The Balaban J connectivity index is 1.79. The van der Waals surface area contributed by atoms with Crippen molar-refractivity contribution in [2.45, 2.75) is 11.1 Å². The number of amides is 1. The molecule has 1 saturated heterocycles. The van der Waals surface area contributed by atoms with Crippen molar-refractivity contribution in [3.63, 3.8) is 0 Å². The summed E-state index contributed by atoms with van der Waals surface area (Å²) in [6, 6.07) is 7.53. The lowest BCUT2D eigenvalue weighted by atomic mass is 10.1. The number of nitrogens with zero attached hydrogens (tertiary/aromatic N) is 3. The molecule has 1 aliphatic rings. The molecule has 4 rings (SSSR count). The van der Waals surface area contributed by atoms with Crippen LogP contribution in [0.2, 0.25) is 0 Å². The molecule has 1 fully saturated rings. The molecule has 1 aliphatic heterocycles. The van der Waals surface area contributed by atoms with Gasteiger partial charge in [-0.1, -0.05) is 22.0 Å². The molecule has 2 aromatic carbocycles. The average Bonchev–Trinajstić information content (AvgIpc) is 3.17. The Morgan fingerprint density at radius 3 is 2.32 bits per heavy atom. The van der Waals surface area contributed by atoms with Gasteiger partial charge in [-0.2, -0.15) is 13.2 Å². The topological polar surface area (TPSA) is 79.7 Å². The Morgan fingerprint density at radius 1 is 1.06 bits per heavy atom. The van der Waals surface area contributed by atoms with Crippen LogP contribution in [0.15, 0.2) is 52.0 Å². The van der Waals surface area contributed by atoms with Crippen LogP contribution in [0.4, 0.5) is 23.2 Å². The summed E-state index contributed by atoms with van der Waals surface area (Å²) in [4.78, 5) is 25.4. The quantitative estimate of drug-likeness (QED) is 0.357. The Kier molecular flexibility index (Phi) is 6.19. The number of halogens is 5. The Bertz CT molecular complexity index is 1400. The minimum absolute atomic E-state index is 0.0336. The van der Waals surface area contributed by atoms with E-state index in [4.69, 9.17) is 0 Å². The van der Waals surface area contributed by atoms with E-state index in [1.165, 1.54) is 18.2 Å². The Labute approximate surface area is 199 Å². The molecular weight excluding hydrogens is 546 g/mol. The van der Waals surface area contributed by atoms with Crippen LogP contribution in [0.5, 0.6) is 0 Å². The van der Waals surface area contributed by atoms with Crippen LogP contribution >= 0.6 is 15.9 Å². The zero-order valence-electron chi connectivity index (χ0n) is 17.2. The maximum Gasteiger partial charge on any atom is 0.471 e. The lowest BCUT2D eigenvalue weighted by molar-refractivity contribution is -0.185. The molecule has 2 heterocycles. The number of aromatic nitrogens is 1. The standard InChI is InChI=1S/C21H16BrF4N3O4S/c22-14-8-17(27-4-6-28(7-5-27)20(31)21(24,25)26)19-13(12-30)11-29(18(19)9-14)34(32,33)16-3-1-2-15(23)10-16/h1-3,8-12H,4-7H2. The highest BCUT2D eigenvalue weighted by Crippen LogP contribution is 2.37. The molecule has 0 radical (unpaired) electrons. The number of fused-ring (bicyclic) bond motifs is 1. The molecule has 1 aromatic heterocycles. The summed E-state index contributed by atoms with van der Waals surface area (Å²) < 4.78 is 79.8. The van der Waals surface area contributed by atoms with Crippen molar-refractivity contribution in [3.8, 4) is 0 Å². The van der Waals surface area contributed by atoms with Gasteiger partial charge in [0.15, 0.2) is 6.29 Å². The van der Waals surface area contributed by atoms with E-state index >= 15 is 0 Å². The van der Waals surface area contributed by atoms with Crippen molar-refractivity contribution in [3.05, 3.63) is 58.4 Å². The lowest BCUT2D eigenvalue weighted by Crippen LogP contribution is -2.52. The minimum Gasteiger partial charge on any atom is -0.367 e. The number of hydrogen-bond donors (Lipinski definition) is 0. The van der Waals surface area contributed by atoms with Gasteiger partial charge < -0.3 is 9.80 Å². The predicted octanol–water partition coefficient (Wildman–Crippen LogP) is 3.80. The third-order valence-corrected chi connectivity index (χ3v) is 7.60. The predicted molar refractivity (Wildman–Crippen MR) is 119 cm³/mol. The summed E-state index contributed by atoms with van der Waals surface area (Å²) in [6.07, 6.45) is -3.38. The van der Waals surface area contributed by atoms with Crippen molar-refractivity contribution in [2.75, 3.05) is 31.1 Å². The van der Waals surface area contributed by atoms with Gasteiger partial charge in [-0.25, -0.2) is 16.8 Å². The van der Waals surface area contributed by atoms with Gasteiger partial charge in [-0.05, 0) is 30.3 Å². The van der Waals surface area contributed by atoms with Crippen molar-refractivity contribution < 1.29 is 35.6 Å². The molecule has 34 heavy (non-hydrogen) atoms.